The molecule has 3 heteroatoms. The van der Waals surface area contributed by atoms with E-state index in [1.807, 2.05) is 0 Å². The van der Waals surface area contributed by atoms with Crippen LogP contribution in [0, 0.1) is 5.92 Å². The first kappa shape index (κ1) is 8.05. The maximum Gasteiger partial charge on any atom is 0.306 e. The van der Waals surface area contributed by atoms with Crippen molar-refractivity contribution < 1.29 is 14.3 Å². The predicted molar refractivity (Wildman–Crippen MR) is 42.6 cm³/mol. The molecular weight excluding hydrogens is 156 g/mol. The molecule has 2 rings (SSSR count). The Labute approximate surface area is 72.0 Å². The zero-order valence-electron chi connectivity index (χ0n) is 7.29. The quantitative estimate of drug-likeness (QED) is 0.553. The van der Waals surface area contributed by atoms with Crippen molar-refractivity contribution in [1.82, 2.24) is 0 Å². The van der Waals surface area contributed by atoms with Crippen LogP contribution in [0.1, 0.15) is 25.7 Å². The van der Waals surface area contributed by atoms with Gasteiger partial charge in [0.1, 0.15) is 6.10 Å². The number of ether oxygens (including phenoxy) is 2. The summed E-state index contributed by atoms with van der Waals surface area (Å²) < 4.78 is 10.5. The Morgan fingerprint density at radius 2 is 2.33 bits per heavy atom. The normalized spacial score (nSPS) is 40.8. The van der Waals surface area contributed by atoms with Gasteiger partial charge in [-0.2, -0.15) is 0 Å². The number of fused-ring (bicyclic) bond motifs is 1. The Balaban J connectivity index is 2.07. The molecule has 0 aromatic rings. The lowest BCUT2D eigenvalue weighted by molar-refractivity contribution is -0.142. The third-order valence-electron chi connectivity index (χ3n) is 2.92. The van der Waals surface area contributed by atoms with Crippen LogP contribution in [0.2, 0.25) is 0 Å². The van der Waals surface area contributed by atoms with Crippen molar-refractivity contribution in [3.05, 3.63) is 0 Å². The van der Waals surface area contributed by atoms with Crippen LogP contribution in [0.25, 0.3) is 0 Å². The number of carbonyl (C=O) groups excluding carboxylic acids is 1. The Morgan fingerprint density at radius 3 is 3.08 bits per heavy atom. The zero-order chi connectivity index (χ0) is 8.55. The molecule has 3 atom stereocenters. The molecule has 2 aliphatic rings. The maximum absolute atomic E-state index is 11.0. The Morgan fingerprint density at radius 1 is 1.50 bits per heavy atom. The highest BCUT2D eigenvalue weighted by Crippen LogP contribution is 2.36. The molecule has 0 aromatic carbocycles. The molecule has 0 spiro atoms. The van der Waals surface area contributed by atoms with E-state index >= 15 is 0 Å². The van der Waals surface area contributed by atoms with Gasteiger partial charge in [0.15, 0.2) is 0 Å². The number of carbonyl (C=O) groups is 1. The van der Waals surface area contributed by atoms with E-state index in [1.54, 1.807) is 7.11 Å². The molecule has 0 radical (unpaired) electrons. The highest BCUT2D eigenvalue weighted by atomic mass is 16.6. The number of methoxy groups -OCH3 is 1. The van der Waals surface area contributed by atoms with Crippen LogP contribution in [0.4, 0.5) is 0 Å². The SMILES string of the molecule is CO[C@@H]1CCC[C@H]2OC(=O)C[C@@H]12. The van der Waals surface area contributed by atoms with Crippen molar-refractivity contribution in [2.24, 2.45) is 5.92 Å². The van der Waals surface area contributed by atoms with Crippen molar-refractivity contribution in [2.75, 3.05) is 7.11 Å². The number of esters is 1. The van der Waals surface area contributed by atoms with E-state index in [4.69, 9.17) is 9.47 Å². The summed E-state index contributed by atoms with van der Waals surface area (Å²) in [5.74, 6) is 0.283. The fourth-order valence-electron chi connectivity index (χ4n) is 2.30. The molecule has 2 fully saturated rings. The van der Waals surface area contributed by atoms with Gasteiger partial charge in [-0.25, -0.2) is 0 Å². The van der Waals surface area contributed by atoms with Gasteiger partial charge in [0.05, 0.1) is 12.5 Å². The highest BCUT2D eigenvalue weighted by Gasteiger charge is 2.42. The topological polar surface area (TPSA) is 35.5 Å². The van der Waals surface area contributed by atoms with Gasteiger partial charge in [0, 0.05) is 13.0 Å². The van der Waals surface area contributed by atoms with Gasteiger partial charge in [-0.05, 0) is 19.3 Å². The van der Waals surface area contributed by atoms with Crippen molar-refractivity contribution in [3.8, 4) is 0 Å². The predicted octanol–water partition coefficient (Wildman–Crippen LogP) is 1.12. The van der Waals surface area contributed by atoms with Crippen LogP contribution in [0.3, 0.4) is 0 Å². The van der Waals surface area contributed by atoms with Crippen LogP contribution < -0.4 is 0 Å². The van der Waals surface area contributed by atoms with Crippen molar-refractivity contribution in [2.45, 2.75) is 37.9 Å². The Kier molecular flexibility index (Phi) is 2.05. The summed E-state index contributed by atoms with van der Waals surface area (Å²) in [4.78, 5) is 11.0. The molecule has 1 aliphatic heterocycles. The summed E-state index contributed by atoms with van der Waals surface area (Å²) in [7, 11) is 1.72. The van der Waals surface area contributed by atoms with Gasteiger partial charge in [0.25, 0.3) is 0 Å². The first-order valence-corrected chi connectivity index (χ1v) is 4.53. The minimum Gasteiger partial charge on any atom is -0.462 e. The second-order valence-corrected chi connectivity index (χ2v) is 3.60. The van der Waals surface area contributed by atoms with Gasteiger partial charge in [-0.15, -0.1) is 0 Å². The molecule has 0 unspecified atom stereocenters. The molecule has 68 valence electrons. The second kappa shape index (κ2) is 3.05. The van der Waals surface area contributed by atoms with Crippen molar-refractivity contribution in [1.29, 1.82) is 0 Å². The molecule has 0 N–H and O–H groups in total. The summed E-state index contributed by atoms with van der Waals surface area (Å²) in [6.45, 7) is 0. The van der Waals surface area contributed by atoms with Gasteiger partial charge < -0.3 is 9.47 Å². The molecule has 0 aromatic heterocycles. The smallest absolute Gasteiger partial charge is 0.306 e. The first-order chi connectivity index (χ1) is 5.81. The fraction of sp³-hybridized carbons (Fsp3) is 0.889. The van der Waals surface area contributed by atoms with E-state index in [0.29, 0.717) is 12.3 Å². The van der Waals surface area contributed by atoms with Gasteiger partial charge in [0.2, 0.25) is 0 Å². The minimum absolute atomic E-state index is 0.0473. The highest BCUT2D eigenvalue weighted by molar-refractivity contribution is 5.72. The van der Waals surface area contributed by atoms with Crippen LogP contribution in [0.15, 0.2) is 0 Å². The lowest BCUT2D eigenvalue weighted by Crippen LogP contribution is -2.34. The molecule has 1 aliphatic carbocycles. The van der Waals surface area contributed by atoms with Crippen LogP contribution in [0.5, 0.6) is 0 Å². The van der Waals surface area contributed by atoms with E-state index in [9.17, 15) is 4.79 Å². The average Bonchev–Trinajstić information content (AvgIpc) is 2.44. The third-order valence-corrected chi connectivity index (χ3v) is 2.92. The molecule has 1 saturated carbocycles. The molecular formula is C9H14O3. The second-order valence-electron chi connectivity index (χ2n) is 3.60. The van der Waals surface area contributed by atoms with E-state index in [-0.39, 0.29) is 18.2 Å². The van der Waals surface area contributed by atoms with Gasteiger partial charge >= 0.3 is 5.97 Å². The van der Waals surface area contributed by atoms with Crippen LogP contribution >= 0.6 is 0 Å². The standard InChI is InChI=1S/C9H14O3/c1-11-7-3-2-4-8-6(7)5-9(10)12-8/h6-8H,2-5H2,1H3/t6-,7+,8+/m0/s1. The largest absolute Gasteiger partial charge is 0.462 e. The molecule has 0 amide bonds. The summed E-state index contributed by atoms with van der Waals surface area (Å²) in [6.07, 6.45) is 4.17. The summed E-state index contributed by atoms with van der Waals surface area (Å²) in [5, 5.41) is 0. The van der Waals surface area contributed by atoms with Crippen LogP contribution in [-0.2, 0) is 14.3 Å². The fourth-order valence-corrected chi connectivity index (χ4v) is 2.30. The zero-order valence-corrected chi connectivity index (χ0v) is 7.29. The number of rotatable bonds is 1. The molecule has 12 heavy (non-hydrogen) atoms. The minimum atomic E-state index is -0.0473. The summed E-state index contributed by atoms with van der Waals surface area (Å²) in [5.41, 5.74) is 0. The van der Waals surface area contributed by atoms with Gasteiger partial charge in [-0.1, -0.05) is 0 Å². The number of hydrogen-bond acceptors (Lipinski definition) is 3. The lowest BCUT2D eigenvalue weighted by Gasteiger charge is -2.30. The maximum atomic E-state index is 11.0. The van der Waals surface area contributed by atoms with E-state index < -0.39 is 0 Å². The summed E-state index contributed by atoms with van der Waals surface area (Å²) in [6, 6.07) is 0. The average molecular weight is 170 g/mol. The van der Waals surface area contributed by atoms with Crippen LogP contribution in [-0.4, -0.2) is 25.3 Å². The van der Waals surface area contributed by atoms with E-state index in [0.717, 1.165) is 19.3 Å². The monoisotopic (exact) mass is 170 g/mol. The third kappa shape index (κ3) is 1.22. The first-order valence-electron chi connectivity index (χ1n) is 4.53. The Bertz CT molecular complexity index is 190. The molecule has 0 bridgehead atoms. The summed E-state index contributed by atoms with van der Waals surface area (Å²) >= 11 is 0. The van der Waals surface area contributed by atoms with E-state index in [2.05, 4.69) is 0 Å². The van der Waals surface area contributed by atoms with E-state index in [1.165, 1.54) is 0 Å². The van der Waals surface area contributed by atoms with Gasteiger partial charge in [-0.3, -0.25) is 4.79 Å². The molecule has 3 nitrogen and oxygen atoms in total. The molecule has 1 saturated heterocycles. The van der Waals surface area contributed by atoms with Crippen molar-refractivity contribution >= 4 is 5.97 Å². The van der Waals surface area contributed by atoms with Crippen molar-refractivity contribution in [3.63, 3.8) is 0 Å². The lowest BCUT2D eigenvalue weighted by atomic mass is 9.83. The molecule has 1 heterocycles. The number of hydrogen-bond donors (Lipinski definition) is 0. The Hall–Kier alpha value is -0.570.